The minimum absolute atomic E-state index is 0.0173. The smallest absolute Gasteiger partial charge is 0.217 e. The Balaban J connectivity index is 0.000000434. The van der Waals surface area contributed by atoms with Gasteiger partial charge in [0.2, 0.25) is 17.5 Å². The first-order valence-electron chi connectivity index (χ1n) is 14.6. The van der Waals surface area contributed by atoms with E-state index in [-0.39, 0.29) is 46.2 Å². The number of nitrogens with one attached hydrogen (secondary N) is 1. The maximum absolute atomic E-state index is 13.6. The summed E-state index contributed by atoms with van der Waals surface area (Å²) in [6.45, 7) is 0.560. The number of methoxy groups -OCH3 is 1. The molecular weight excluding hydrogens is 636 g/mol. The highest BCUT2D eigenvalue weighted by Gasteiger charge is 2.50. The Kier molecular flexibility index (Phi) is 9.28. The van der Waals surface area contributed by atoms with E-state index in [0.29, 0.717) is 4.68 Å². The zero-order valence-electron chi connectivity index (χ0n) is 25.7. The number of carbonyl (C=O) groups is 3. The third-order valence-electron chi connectivity index (χ3n) is 8.72. The fourth-order valence-corrected chi connectivity index (χ4v) is 6.26. The number of aromatic nitrogens is 1. The van der Waals surface area contributed by atoms with E-state index in [0.717, 1.165) is 0 Å². The number of carbonyl (C=O) groups excluding carboxylic acids is 3. The van der Waals surface area contributed by atoms with E-state index >= 15 is 0 Å². The van der Waals surface area contributed by atoms with E-state index < -0.39 is 95.7 Å². The monoisotopic (exact) mass is 670 g/mol. The second-order valence-electron chi connectivity index (χ2n) is 11.6. The number of hydrogen-bond acceptors (Lipinski definition) is 16. The van der Waals surface area contributed by atoms with Gasteiger partial charge in [-0.1, -0.05) is 17.4 Å². The molecule has 0 unspecified atom stereocenters. The molecule has 48 heavy (non-hydrogen) atoms. The number of nitrogens with two attached hydrogens (primary N) is 1. The number of Topliss-reactive ketones (excluding diaryl/α,β-unsaturated/α-hetero) is 1. The van der Waals surface area contributed by atoms with Crippen LogP contribution in [0.15, 0.2) is 35.6 Å². The molecule has 0 amide bonds. The van der Waals surface area contributed by atoms with Crippen molar-refractivity contribution >= 4 is 17.3 Å². The molecule has 256 valence electrons. The zero-order chi connectivity index (χ0) is 35.2. The maximum atomic E-state index is 13.6. The predicted octanol–water partition coefficient (Wildman–Crippen LogP) is 0.695. The van der Waals surface area contributed by atoms with Crippen molar-refractivity contribution in [2.24, 2.45) is 11.0 Å². The molecule has 2 heterocycles. The number of aromatic hydroxyl groups is 4. The van der Waals surface area contributed by atoms with Crippen molar-refractivity contribution < 1.29 is 64.3 Å². The van der Waals surface area contributed by atoms with E-state index in [1.807, 2.05) is 0 Å². The molecule has 0 spiro atoms. The van der Waals surface area contributed by atoms with Crippen LogP contribution in [0.25, 0.3) is 0 Å². The quantitative estimate of drug-likeness (QED) is 0.101. The number of nitrogens with zero attached hydrogens (tertiary/aromatic N) is 2. The van der Waals surface area contributed by atoms with Gasteiger partial charge in [0.25, 0.3) is 0 Å². The second-order valence-corrected chi connectivity index (χ2v) is 11.6. The lowest BCUT2D eigenvalue weighted by molar-refractivity contribution is -0.247. The second kappa shape index (κ2) is 12.9. The van der Waals surface area contributed by atoms with Crippen molar-refractivity contribution in [2.75, 3.05) is 13.7 Å². The van der Waals surface area contributed by atoms with Crippen molar-refractivity contribution in [3.05, 3.63) is 63.7 Å². The number of phenolic OH excluding ortho intramolecular Hbond substituents is 2. The molecule has 3 aliphatic rings. The van der Waals surface area contributed by atoms with Crippen LogP contribution in [0.5, 0.6) is 29.0 Å². The predicted molar refractivity (Wildman–Crippen MR) is 160 cm³/mol. The number of aliphatic hydroxyl groups excluding tert-OH is 2. The van der Waals surface area contributed by atoms with E-state index in [1.54, 1.807) is 6.92 Å². The molecule has 6 atom stereocenters. The first-order valence-corrected chi connectivity index (χ1v) is 14.6. The van der Waals surface area contributed by atoms with Gasteiger partial charge in [-0.05, 0) is 13.0 Å². The molecule has 0 saturated carbocycles. The molecule has 1 aromatic heterocycles. The normalized spacial score (nSPS) is 26.0. The van der Waals surface area contributed by atoms with Gasteiger partial charge in [0, 0.05) is 54.1 Å². The fraction of sp³-hybridized carbons (Fsp3) is 0.387. The number of phenols is 2. The van der Waals surface area contributed by atoms with Gasteiger partial charge in [-0.15, -0.1) is 4.68 Å². The molecule has 1 fully saturated rings. The number of benzene rings is 2. The van der Waals surface area contributed by atoms with Crippen LogP contribution < -0.4 is 10.5 Å². The average Bonchev–Trinajstić information content (AvgIpc) is 3.39. The minimum atomic E-state index is -2.24. The lowest BCUT2D eigenvalue weighted by atomic mass is 9.72. The van der Waals surface area contributed by atoms with Gasteiger partial charge in [-0.25, -0.2) is 0 Å². The third-order valence-corrected chi connectivity index (χ3v) is 8.72. The summed E-state index contributed by atoms with van der Waals surface area (Å²) < 4.78 is 17.7. The summed E-state index contributed by atoms with van der Waals surface area (Å²) in [5.41, 5.74) is 8.78. The van der Waals surface area contributed by atoms with Crippen LogP contribution in [0.3, 0.4) is 0 Å². The minimum Gasteiger partial charge on any atom is -0.507 e. The third kappa shape index (κ3) is 5.65. The Morgan fingerprint density at radius 2 is 1.73 bits per heavy atom. The topological polar surface area (TPSA) is 288 Å². The van der Waals surface area contributed by atoms with Gasteiger partial charge < -0.3 is 55.7 Å². The van der Waals surface area contributed by atoms with E-state index in [1.165, 1.54) is 37.4 Å². The van der Waals surface area contributed by atoms with Gasteiger partial charge in [-0.2, -0.15) is 5.53 Å². The first-order chi connectivity index (χ1) is 22.7. The number of ether oxygens (including phenoxy) is 3. The number of hydrogen-bond donors (Lipinski definition) is 9. The lowest BCUT2D eigenvalue weighted by Gasteiger charge is -2.42. The standard InChI is InChI=1S/C27H29NO11.C4H5N3O2/c1-10-22(31)13(28)6-17(38-10)39-15-8-27(36,16(30)9-29)7-12-19(15)26(35)21-20(24(12)33)23(32)11-4-3-5-14(37-2)18(11)25(21)34;5-6-7-3(8)1-2-4(7)9/h3-5,10,13,15,17,22,29,31,33,35-36H,6-9,28H2,1-2H3;1-2,5,8-9H/t10-,13-,15-,17-,22+,27-;/m0./s1. The number of rotatable bonds is 6. The molecule has 3 aromatic rings. The van der Waals surface area contributed by atoms with Crippen molar-refractivity contribution in [2.45, 2.75) is 62.4 Å². The summed E-state index contributed by atoms with van der Waals surface area (Å²) in [7, 11) is 1.32. The largest absolute Gasteiger partial charge is 0.507 e. The summed E-state index contributed by atoms with van der Waals surface area (Å²) >= 11 is 0. The van der Waals surface area contributed by atoms with Crippen LogP contribution >= 0.6 is 0 Å². The van der Waals surface area contributed by atoms with Gasteiger partial charge >= 0.3 is 0 Å². The summed E-state index contributed by atoms with van der Waals surface area (Å²) in [6.07, 6.45) is -5.12. The van der Waals surface area contributed by atoms with Crippen molar-refractivity contribution in [1.82, 2.24) is 4.68 Å². The summed E-state index contributed by atoms with van der Waals surface area (Å²) in [4.78, 5) is 39.7. The molecule has 0 radical (unpaired) electrons. The molecule has 2 aliphatic carbocycles. The maximum Gasteiger partial charge on any atom is 0.217 e. The molecular formula is C31H34N4O13. The van der Waals surface area contributed by atoms with Crippen LogP contribution in [0.2, 0.25) is 0 Å². The van der Waals surface area contributed by atoms with Crippen LogP contribution in [0.1, 0.15) is 68.8 Å². The molecule has 0 bridgehead atoms. The van der Waals surface area contributed by atoms with Gasteiger partial charge in [0.1, 0.15) is 29.5 Å². The molecule has 17 nitrogen and oxygen atoms in total. The summed E-state index contributed by atoms with van der Waals surface area (Å²) in [5.74, 6) is -4.27. The highest BCUT2D eigenvalue weighted by Crippen LogP contribution is 2.52. The highest BCUT2D eigenvalue weighted by molar-refractivity contribution is 6.31. The molecule has 17 heteroatoms. The number of aliphatic hydroxyl groups is 3. The molecule has 1 saturated heterocycles. The van der Waals surface area contributed by atoms with Crippen molar-refractivity contribution in [1.29, 1.82) is 5.53 Å². The number of fused-ring (bicyclic) bond motifs is 3. The Bertz CT molecular complexity index is 1780. The van der Waals surface area contributed by atoms with Gasteiger partial charge in [0.05, 0.1) is 42.1 Å². The Morgan fingerprint density at radius 1 is 1.08 bits per heavy atom. The fourth-order valence-electron chi connectivity index (χ4n) is 6.26. The first kappa shape index (κ1) is 34.4. The number of ketones is 3. The van der Waals surface area contributed by atoms with Crippen molar-refractivity contribution in [3.63, 3.8) is 0 Å². The van der Waals surface area contributed by atoms with Crippen LogP contribution in [0.4, 0.5) is 0 Å². The van der Waals surface area contributed by atoms with E-state index in [4.69, 9.17) is 35.7 Å². The van der Waals surface area contributed by atoms with Gasteiger partial charge in [0.15, 0.2) is 17.9 Å². The van der Waals surface area contributed by atoms with Crippen LogP contribution in [-0.2, 0) is 20.7 Å². The Labute approximate surface area is 271 Å². The van der Waals surface area contributed by atoms with Crippen molar-refractivity contribution in [3.8, 4) is 29.0 Å². The lowest BCUT2D eigenvalue weighted by Crippen LogP contribution is -2.53. The van der Waals surface area contributed by atoms with E-state index in [9.17, 15) is 39.9 Å². The molecule has 1 aliphatic heterocycles. The molecule has 10 N–H and O–H groups in total. The average molecular weight is 671 g/mol. The molecule has 2 aromatic carbocycles. The van der Waals surface area contributed by atoms with Crippen LogP contribution in [0, 0.1) is 5.53 Å². The van der Waals surface area contributed by atoms with Crippen LogP contribution in [-0.4, -0.2) is 102 Å². The summed E-state index contributed by atoms with van der Waals surface area (Å²) in [6, 6.07) is 6.12. The summed E-state index contributed by atoms with van der Waals surface area (Å²) in [5, 5.41) is 73.9. The SMILES string of the molecule is COc1cccc2c1C(=O)c1c(O)c3c(c(O)c1C2=O)C[C@@](O)(C(=O)CO)C[C@@H]3O[C@H]1C[C@H](N)[C@H](O)[C@H](C)O1.N=Nn1c(O)ccc1O. The Hall–Kier alpha value is -4.91. The Morgan fingerprint density at radius 3 is 2.29 bits per heavy atom. The van der Waals surface area contributed by atoms with E-state index in [2.05, 4.69) is 5.22 Å². The zero-order valence-corrected chi connectivity index (χ0v) is 25.7. The molecule has 6 rings (SSSR count). The van der Waals surface area contributed by atoms with Gasteiger partial charge in [-0.3, -0.25) is 14.4 Å². The highest BCUT2D eigenvalue weighted by atomic mass is 16.7.